The number of hydrogen-bond donors (Lipinski definition) is 2. The molecule has 0 saturated heterocycles. The minimum absolute atomic E-state index is 0.232. The number of fused-ring (bicyclic) bond motifs is 2. The molecular weight excluding hydrogens is 437 g/mol. The highest BCUT2D eigenvalue weighted by Crippen LogP contribution is 2.29. The zero-order valence-corrected chi connectivity index (χ0v) is 16.9. The molecule has 144 valence electrons. The second-order valence-corrected chi connectivity index (χ2v) is 7.52. The van der Waals surface area contributed by atoms with Crippen molar-refractivity contribution in [3.8, 4) is 5.69 Å². The summed E-state index contributed by atoms with van der Waals surface area (Å²) in [5.74, 6) is 1.02. The number of nitrogens with zero attached hydrogens (tertiary/aromatic N) is 5. The van der Waals surface area contributed by atoms with Crippen LogP contribution >= 0.6 is 15.9 Å². The fraction of sp³-hybridized carbons (Fsp3) is 0.100. The van der Waals surface area contributed by atoms with Gasteiger partial charge < -0.3 is 10.3 Å². The lowest BCUT2D eigenvalue weighted by atomic mass is 10.2. The molecule has 0 amide bonds. The van der Waals surface area contributed by atoms with Gasteiger partial charge in [0.2, 0.25) is 0 Å². The van der Waals surface area contributed by atoms with Crippen LogP contribution in [-0.4, -0.2) is 29.5 Å². The number of H-pyrrole nitrogens is 1. The van der Waals surface area contributed by atoms with E-state index >= 15 is 0 Å². The van der Waals surface area contributed by atoms with E-state index in [1.165, 1.54) is 18.5 Å². The molecule has 29 heavy (non-hydrogen) atoms. The van der Waals surface area contributed by atoms with Crippen molar-refractivity contribution in [2.75, 3.05) is 5.32 Å². The smallest absolute Gasteiger partial charge is 0.162 e. The van der Waals surface area contributed by atoms with Crippen molar-refractivity contribution in [2.45, 2.75) is 13.0 Å². The van der Waals surface area contributed by atoms with E-state index in [-0.39, 0.29) is 11.9 Å². The molecule has 2 aromatic carbocycles. The lowest BCUT2D eigenvalue weighted by Gasteiger charge is -2.17. The van der Waals surface area contributed by atoms with E-state index in [9.17, 15) is 4.39 Å². The molecule has 1 unspecified atom stereocenters. The Morgan fingerprint density at radius 1 is 1.10 bits per heavy atom. The molecule has 5 rings (SSSR count). The minimum atomic E-state index is -0.308. The van der Waals surface area contributed by atoms with Crippen molar-refractivity contribution < 1.29 is 4.39 Å². The lowest BCUT2D eigenvalue weighted by molar-refractivity contribution is 0.629. The maximum Gasteiger partial charge on any atom is 0.162 e. The third kappa shape index (κ3) is 3.13. The maximum absolute atomic E-state index is 14.0. The molecule has 3 aromatic heterocycles. The molecule has 2 N–H and O–H groups in total. The molecule has 0 spiro atoms. The summed E-state index contributed by atoms with van der Waals surface area (Å²) in [5.41, 5.74) is 3.60. The Hall–Kier alpha value is -3.33. The summed E-state index contributed by atoms with van der Waals surface area (Å²) in [6.45, 7) is 1.98. The van der Waals surface area contributed by atoms with E-state index in [0.717, 1.165) is 16.0 Å². The summed E-state index contributed by atoms with van der Waals surface area (Å²) < 4.78 is 16.9. The number of rotatable bonds is 4. The van der Waals surface area contributed by atoms with Crippen LogP contribution < -0.4 is 5.32 Å². The molecule has 0 aliphatic rings. The lowest BCUT2D eigenvalue weighted by Crippen LogP contribution is -2.14. The first-order valence-corrected chi connectivity index (χ1v) is 9.74. The van der Waals surface area contributed by atoms with Crippen LogP contribution in [-0.2, 0) is 0 Å². The van der Waals surface area contributed by atoms with E-state index < -0.39 is 0 Å². The number of hydrogen-bond acceptors (Lipinski definition) is 5. The van der Waals surface area contributed by atoms with Crippen LogP contribution in [0.5, 0.6) is 0 Å². The van der Waals surface area contributed by atoms with Crippen LogP contribution in [0.25, 0.3) is 27.9 Å². The number of nitrogens with one attached hydrogen (secondary N) is 2. The van der Waals surface area contributed by atoms with Gasteiger partial charge in [0.1, 0.15) is 23.5 Å². The van der Waals surface area contributed by atoms with Gasteiger partial charge in [-0.15, -0.1) is 0 Å². The first-order chi connectivity index (χ1) is 14.1. The van der Waals surface area contributed by atoms with Crippen molar-refractivity contribution in [2.24, 2.45) is 0 Å². The molecule has 0 saturated carbocycles. The molecule has 7 nitrogen and oxygen atoms in total. The Balaban J connectivity index is 1.64. The Labute approximate surface area is 173 Å². The van der Waals surface area contributed by atoms with Gasteiger partial charge in [-0.1, -0.05) is 15.9 Å². The molecule has 0 aliphatic heterocycles. The van der Waals surface area contributed by atoms with Gasteiger partial charge in [0.05, 0.1) is 23.4 Å². The molecule has 9 heteroatoms. The number of aromatic nitrogens is 6. The van der Waals surface area contributed by atoms with Gasteiger partial charge in [0.15, 0.2) is 11.5 Å². The van der Waals surface area contributed by atoms with Gasteiger partial charge in [-0.2, -0.15) is 0 Å². The van der Waals surface area contributed by atoms with E-state index in [1.807, 2.05) is 35.8 Å². The quantitative estimate of drug-likeness (QED) is 0.411. The predicted octanol–water partition coefficient (Wildman–Crippen LogP) is 4.77. The number of halogens is 2. The molecule has 1 atom stereocenters. The second-order valence-electron chi connectivity index (χ2n) is 6.60. The maximum atomic E-state index is 14.0. The monoisotopic (exact) mass is 451 g/mol. The summed E-state index contributed by atoms with van der Waals surface area (Å²) in [6.07, 6.45) is 3.05. The van der Waals surface area contributed by atoms with Crippen LogP contribution in [0.3, 0.4) is 0 Å². The molecule has 0 radical (unpaired) electrons. The first kappa shape index (κ1) is 17.7. The number of anilines is 1. The van der Waals surface area contributed by atoms with Crippen molar-refractivity contribution in [1.82, 2.24) is 29.5 Å². The zero-order chi connectivity index (χ0) is 20.0. The summed E-state index contributed by atoms with van der Waals surface area (Å²) in [7, 11) is 0. The average molecular weight is 452 g/mol. The Kier molecular flexibility index (Phi) is 4.24. The van der Waals surface area contributed by atoms with Crippen LogP contribution in [0.15, 0.2) is 59.6 Å². The van der Waals surface area contributed by atoms with Crippen molar-refractivity contribution in [3.05, 3.63) is 71.2 Å². The molecule has 0 aliphatic carbocycles. The van der Waals surface area contributed by atoms with Gasteiger partial charge in [-0.05, 0) is 43.3 Å². The Bertz CT molecular complexity index is 1330. The molecule has 5 aromatic rings. The molecular formula is C20H15BrFN7. The van der Waals surface area contributed by atoms with Crippen LogP contribution in [0.4, 0.5) is 10.2 Å². The highest BCUT2D eigenvalue weighted by molar-refractivity contribution is 9.10. The standard InChI is InChI=1S/C20H15BrFN7/c1-11(27-19-17-18(24-9-23-17)25-10-26-19)20-28-15-7-4-13(22)8-16(15)29(20)14-5-2-12(21)3-6-14/h2-11H,1H3,(H2,23,24,25,26,27). The van der Waals surface area contributed by atoms with Crippen LogP contribution in [0.2, 0.25) is 0 Å². The van der Waals surface area contributed by atoms with E-state index in [1.54, 1.807) is 12.4 Å². The van der Waals surface area contributed by atoms with Gasteiger partial charge in [-0.25, -0.2) is 24.3 Å². The fourth-order valence-corrected chi connectivity index (χ4v) is 3.62. The Morgan fingerprint density at radius 3 is 2.76 bits per heavy atom. The van der Waals surface area contributed by atoms with Crippen molar-refractivity contribution in [1.29, 1.82) is 0 Å². The topological polar surface area (TPSA) is 84.3 Å². The van der Waals surface area contributed by atoms with Crippen LogP contribution in [0.1, 0.15) is 18.8 Å². The van der Waals surface area contributed by atoms with Crippen LogP contribution in [0, 0.1) is 5.82 Å². The third-order valence-electron chi connectivity index (χ3n) is 4.69. The van der Waals surface area contributed by atoms with E-state index in [0.29, 0.717) is 28.0 Å². The number of benzene rings is 2. The molecule has 3 heterocycles. The SMILES string of the molecule is CC(Nc1ncnc2[nH]cnc12)c1nc2ccc(F)cc2n1-c1ccc(Br)cc1. The third-order valence-corrected chi connectivity index (χ3v) is 5.21. The summed E-state index contributed by atoms with van der Waals surface area (Å²) >= 11 is 3.46. The van der Waals surface area contributed by atoms with Gasteiger partial charge >= 0.3 is 0 Å². The molecule has 0 fully saturated rings. The summed E-state index contributed by atoms with van der Waals surface area (Å²) in [6, 6.07) is 12.2. The summed E-state index contributed by atoms with van der Waals surface area (Å²) in [5, 5.41) is 3.36. The highest BCUT2D eigenvalue weighted by Gasteiger charge is 2.20. The number of imidazole rings is 2. The largest absolute Gasteiger partial charge is 0.358 e. The average Bonchev–Trinajstić information content (AvgIpc) is 3.34. The van der Waals surface area contributed by atoms with Gasteiger partial charge in [0.25, 0.3) is 0 Å². The minimum Gasteiger partial charge on any atom is -0.358 e. The first-order valence-electron chi connectivity index (χ1n) is 8.94. The van der Waals surface area contributed by atoms with E-state index in [2.05, 4.69) is 41.2 Å². The highest BCUT2D eigenvalue weighted by atomic mass is 79.9. The van der Waals surface area contributed by atoms with Crippen molar-refractivity contribution in [3.63, 3.8) is 0 Å². The zero-order valence-electron chi connectivity index (χ0n) is 15.3. The number of aromatic amines is 1. The van der Waals surface area contributed by atoms with E-state index in [4.69, 9.17) is 4.98 Å². The van der Waals surface area contributed by atoms with Crippen molar-refractivity contribution >= 4 is 43.9 Å². The van der Waals surface area contributed by atoms with Gasteiger partial charge in [0, 0.05) is 16.2 Å². The van der Waals surface area contributed by atoms with Gasteiger partial charge in [-0.3, -0.25) is 4.57 Å². The second kappa shape index (κ2) is 6.93. The summed E-state index contributed by atoms with van der Waals surface area (Å²) in [4.78, 5) is 20.5. The molecule has 0 bridgehead atoms. The normalized spacial score (nSPS) is 12.5. The predicted molar refractivity (Wildman–Crippen MR) is 112 cm³/mol. The fourth-order valence-electron chi connectivity index (χ4n) is 3.36. The Morgan fingerprint density at radius 2 is 1.93 bits per heavy atom.